The molecule has 1 heteroatoms. The summed E-state index contributed by atoms with van der Waals surface area (Å²) in [6.07, 6.45) is 10.9. The lowest BCUT2D eigenvalue weighted by Gasteiger charge is -2.22. The van der Waals surface area contributed by atoms with Crippen molar-refractivity contribution in [3.63, 3.8) is 0 Å². The molecule has 0 amide bonds. The van der Waals surface area contributed by atoms with Gasteiger partial charge in [-0.25, -0.2) is 0 Å². The third-order valence-corrected chi connectivity index (χ3v) is 3.29. The molecule has 0 saturated carbocycles. The van der Waals surface area contributed by atoms with Crippen LogP contribution in [0.2, 0.25) is 0 Å². The predicted molar refractivity (Wildman–Crippen MR) is 72.1 cm³/mol. The molecule has 0 aromatic rings. The van der Waals surface area contributed by atoms with E-state index in [1.165, 1.54) is 37.8 Å². The van der Waals surface area contributed by atoms with Crippen molar-refractivity contribution in [1.29, 1.82) is 0 Å². The lowest BCUT2D eigenvalue weighted by atomic mass is 9.90. The average molecular weight is 221 g/mol. The van der Waals surface area contributed by atoms with Gasteiger partial charge in [-0.1, -0.05) is 40.2 Å². The van der Waals surface area contributed by atoms with Crippen LogP contribution in [0.15, 0.2) is 23.5 Å². The van der Waals surface area contributed by atoms with Gasteiger partial charge in [-0.15, -0.1) is 0 Å². The van der Waals surface area contributed by atoms with Gasteiger partial charge in [-0.2, -0.15) is 0 Å². The van der Waals surface area contributed by atoms with Crippen LogP contribution < -0.4 is 5.32 Å². The fourth-order valence-corrected chi connectivity index (χ4v) is 2.35. The molecule has 0 aromatic carbocycles. The predicted octanol–water partition coefficient (Wildman–Crippen LogP) is 4.62. The molecule has 1 N–H and O–H groups in total. The van der Waals surface area contributed by atoms with Crippen molar-refractivity contribution in [2.24, 2.45) is 11.8 Å². The standard InChI is InChI=1S/C15H27N/c1-12(2)14-10-8-6-5-7-9-11-16-15(14)13(3)4/h9,11-13,16H,5-8,10H2,1-4H3/b11-9-,15-14+. The molecule has 0 aromatic heterocycles. The summed E-state index contributed by atoms with van der Waals surface area (Å²) in [5.41, 5.74) is 3.08. The number of hydrogen-bond donors (Lipinski definition) is 1. The van der Waals surface area contributed by atoms with Crippen molar-refractivity contribution in [3.8, 4) is 0 Å². The maximum atomic E-state index is 3.52. The van der Waals surface area contributed by atoms with E-state index in [2.05, 4.69) is 45.3 Å². The van der Waals surface area contributed by atoms with Gasteiger partial charge in [0.25, 0.3) is 0 Å². The maximum Gasteiger partial charge on any atom is 0.0166 e. The molecular formula is C15H27N. The van der Waals surface area contributed by atoms with Crippen LogP contribution in [0, 0.1) is 11.8 Å². The summed E-state index contributed by atoms with van der Waals surface area (Å²) in [7, 11) is 0. The molecule has 1 aliphatic rings. The van der Waals surface area contributed by atoms with E-state index in [0.29, 0.717) is 11.8 Å². The smallest absolute Gasteiger partial charge is 0.0166 e. The van der Waals surface area contributed by atoms with E-state index >= 15 is 0 Å². The Labute approximate surface area is 101 Å². The van der Waals surface area contributed by atoms with Crippen molar-refractivity contribution in [3.05, 3.63) is 23.5 Å². The Morgan fingerprint density at radius 1 is 1.00 bits per heavy atom. The van der Waals surface area contributed by atoms with Crippen molar-refractivity contribution >= 4 is 0 Å². The van der Waals surface area contributed by atoms with E-state index in [1.807, 2.05) is 0 Å². The third-order valence-electron chi connectivity index (χ3n) is 3.29. The lowest BCUT2D eigenvalue weighted by Crippen LogP contribution is -2.17. The van der Waals surface area contributed by atoms with Crippen LogP contribution in [0.25, 0.3) is 0 Å². The second-order valence-corrected chi connectivity index (χ2v) is 5.39. The SMILES string of the molecule is CC(C)/C1=C(\C(C)C)N/C=C\CCCCC1. The molecule has 0 saturated heterocycles. The van der Waals surface area contributed by atoms with E-state index in [-0.39, 0.29) is 0 Å². The van der Waals surface area contributed by atoms with Gasteiger partial charge in [0.05, 0.1) is 0 Å². The molecule has 0 atom stereocenters. The Morgan fingerprint density at radius 2 is 1.75 bits per heavy atom. The van der Waals surface area contributed by atoms with Crippen molar-refractivity contribution in [2.45, 2.75) is 59.8 Å². The summed E-state index contributed by atoms with van der Waals surface area (Å²) in [5.74, 6) is 1.26. The van der Waals surface area contributed by atoms with Crippen LogP contribution in [-0.4, -0.2) is 0 Å². The van der Waals surface area contributed by atoms with Gasteiger partial charge in [0.15, 0.2) is 0 Å². The van der Waals surface area contributed by atoms with Crippen molar-refractivity contribution in [1.82, 2.24) is 5.32 Å². The van der Waals surface area contributed by atoms with Crippen LogP contribution in [0.5, 0.6) is 0 Å². The van der Waals surface area contributed by atoms with Crippen molar-refractivity contribution in [2.75, 3.05) is 0 Å². The van der Waals surface area contributed by atoms with Gasteiger partial charge < -0.3 is 5.32 Å². The first-order chi connectivity index (χ1) is 7.63. The normalized spacial score (nSPS) is 25.6. The second kappa shape index (κ2) is 6.78. The van der Waals surface area contributed by atoms with Crippen LogP contribution >= 0.6 is 0 Å². The maximum absolute atomic E-state index is 3.52. The zero-order valence-electron chi connectivity index (χ0n) is 11.3. The first kappa shape index (κ1) is 13.3. The highest BCUT2D eigenvalue weighted by molar-refractivity contribution is 5.18. The minimum absolute atomic E-state index is 0.599. The van der Waals surface area contributed by atoms with Gasteiger partial charge in [0, 0.05) is 5.70 Å². The molecule has 0 unspecified atom stereocenters. The summed E-state index contributed by atoms with van der Waals surface area (Å²) in [5, 5.41) is 3.52. The summed E-state index contributed by atoms with van der Waals surface area (Å²) in [4.78, 5) is 0. The van der Waals surface area contributed by atoms with E-state index in [1.54, 1.807) is 5.57 Å². The number of hydrogen-bond acceptors (Lipinski definition) is 1. The molecule has 1 nitrogen and oxygen atoms in total. The first-order valence-corrected chi connectivity index (χ1v) is 6.77. The fourth-order valence-electron chi connectivity index (χ4n) is 2.35. The molecule has 1 heterocycles. The Kier molecular flexibility index (Phi) is 5.65. The van der Waals surface area contributed by atoms with E-state index in [0.717, 1.165) is 0 Å². The Hall–Kier alpha value is -0.720. The Balaban J connectivity index is 2.90. The zero-order valence-corrected chi connectivity index (χ0v) is 11.3. The van der Waals surface area contributed by atoms with E-state index < -0.39 is 0 Å². The fraction of sp³-hybridized carbons (Fsp3) is 0.733. The summed E-state index contributed by atoms with van der Waals surface area (Å²) in [6.45, 7) is 9.19. The highest BCUT2D eigenvalue weighted by atomic mass is 14.9. The lowest BCUT2D eigenvalue weighted by molar-refractivity contribution is 0.586. The summed E-state index contributed by atoms with van der Waals surface area (Å²) >= 11 is 0. The van der Waals surface area contributed by atoms with Crippen LogP contribution in [0.4, 0.5) is 0 Å². The largest absolute Gasteiger partial charge is 0.365 e. The van der Waals surface area contributed by atoms with Crippen LogP contribution in [0.1, 0.15) is 59.8 Å². The molecule has 1 aliphatic heterocycles. The molecular weight excluding hydrogens is 194 g/mol. The highest BCUT2D eigenvalue weighted by Crippen LogP contribution is 2.25. The minimum Gasteiger partial charge on any atom is -0.365 e. The molecule has 16 heavy (non-hydrogen) atoms. The molecule has 0 radical (unpaired) electrons. The molecule has 1 rings (SSSR count). The number of nitrogens with one attached hydrogen (secondary N) is 1. The van der Waals surface area contributed by atoms with Gasteiger partial charge in [0.2, 0.25) is 0 Å². The molecule has 0 fully saturated rings. The van der Waals surface area contributed by atoms with E-state index in [4.69, 9.17) is 0 Å². The van der Waals surface area contributed by atoms with Crippen LogP contribution in [-0.2, 0) is 0 Å². The Bertz CT molecular complexity index is 259. The summed E-state index contributed by atoms with van der Waals surface area (Å²) in [6, 6.07) is 0. The first-order valence-electron chi connectivity index (χ1n) is 6.77. The van der Waals surface area contributed by atoms with Gasteiger partial charge in [-0.3, -0.25) is 0 Å². The van der Waals surface area contributed by atoms with Crippen LogP contribution in [0.3, 0.4) is 0 Å². The summed E-state index contributed by atoms with van der Waals surface area (Å²) < 4.78 is 0. The van der Waals surface area contributed by atoms with Crippen molar-refractivity contribution < 1.29 is 0 Å². The molecule has 92 valence electrons. The van der Waals surface area contributed by atoms with Gasteiger partial charge >= 0.3 is 0 Å². The number of rotatable bonds is 2. The topological polar surface area (TPSA) is 12.0 Å². The Morgan fingerprint density at radius 3 is 2.38 bits per heavy atom. The molecule has 0 spiro atoms. The van der Waals surface area contributed by atoms with Gasteiger partial charge in [0.1, 0.15) is 0 Å². The third kappa shape index (κ3) is 4.03. The zero-order chi connectivity index (χ0) is 12.0. The van der Waals surface area contributed by atoms with Gasteiger partial charge in [-0.05, 0) is 49.3 Å². The second-order valence-electron chi connectivity index (χ2n) is 5.39. The quantitative estimate of drug-likeness (QED) is 0.717. The van der Waals surface area contributed by atoms with E-state index in [9.17, 15) is 0 Å². The minimum atomic E-state index is 0.599. The number of allylic oxidation sites excluding steroid dienone is 3. The molecule has 0 aliphatic carbocycles. The average Bonchev–Trinajstić information content (AvgIpc) is 2.24. The highest BCUT2D eigenvalue weighted by Gasteiger charge is 2.13. The molecule has 0 bridgehead atoms. The monoisotopic (exact) mass is 221 g/mol.